The number of fused-ring (bicyclic) bond motifs is 2. The normalized spacial score (nSPS) is 23.0. The first kappa shape index (κ1) is 18.2. The quantitative estimate of drug-likeness (QED) is 0.699. The van der Waals surface area contributed by atoms with Crippen molar-refractivity contribution < 1.29 is 13.9 Å². The molecule has 2 aromatic heterocycles. The summed E-state index contributed by atoms with van der Waals surface area (Å²) in [7, 11) is 0. The van der Waals surface area contributed by atoms with E-state index in [2.05, 4.69) is 16.4 Å². The molecule has 2 fully saturated rings. The van der Waals surface area contributed by atoms with Crippen LogP contribution >= 0.6 is 0 Å². The zero-order valence-electron chi connectivity index (χ0n) is 16.4. The standard InChI is InChI=1S/C23H24N2O4/c1-13-10-15(7-6-14-12-24-18-5-3-2-4-16(14)18)29-23(27)21(13)22(26)25-19-11-20-17(19)8-9-28-20/h2-5,10,12,17,19-20,24H,6-9,11H2,1H3,(H,25,26)/t17-,19+,20+/m0/s1. The molecule has 1 saturated carbocycles. The highest BCUT2D eigenvalue weighted by Crippen LogP contribution is 2.38. The van der Waals surface area contributed by atoms with Crippen LogP contribution in [-0.4, -0.2) is 29.6 Å². The van der Waals surface area contributed by atoms with E-state index >= 15 is 0 Å². The second-order valence-electron chi connectivity index (χ2n) is 8.10. The Hall–Kier alpha value is -2.86. The minimum atomic E-state index is -0.560. The summed E-state index contributed by atoms with van der Waals surface area (Å²) in [6, 6.07) is 10.0. The van der Waals surface area contributed by atoms with Crippen LogP contribution in [-0.2, 0) is 17.6 Å². The van der Waals surface area contributed by atoms with E-state index in [0.29, 0.717) is 23.7 Å². The molecule has 3 aromatic rings. The molecule has 0 unspecified atom stereocenters. The fourth-order valence-electron chi connectivity index (χ4n) is 4.67. The Kier molecular flexibility index (Phi) is 4.51. The summed E-state index contributed by atoms with van der Waals surface area (Å²) < 4.78 is 11.1. The first-order valence-electron chi connectivity index (χ1n) is 10.2. The number of aryl methyl sites for hydroxylation is 3. The maximum Gasteiger partial charge on any atom is 0.349 e. The van der Waals surface area contributed by atoms with Crippen LogP contribution in [0.2, 0.25) is 0 Å². The van der Waals surface area contributed by atoms with Gasteiger partial charge in [0.2, 0.25) is 0 Å². The van der Waals surface area contributed by atoms with Crippen molar-refractivity contribution in [2.24, 2.45) is 5.92 Å². The van der Waals surface area contributed by atoms with Gasteiger partial charge in [-0.2, -0.15) is 0 Å². The van der Waals surface area contributed by atoms with Gasteiger partial charge in [-0.05, 0) is 49.4 Å². The number of aromatic nitrogens is 1. The zero-order valence-corrected chi connectivity index (χ0v) is 16.4. The number of nitrogens with one attached hydrogen (secondary N) is 2. The SMILES string of the molecule is Cc1cc(CCc2c[nH]c3ccccc23)oc(=O)c1C(=O)N[C@@H]1C[C@H]2OCC[C@@H]12. The number of H-pyrrole nitrogens is 1. The molecular weight excluding hydrogens is 368 g/mol. The van der Waals surface area contributed by atoms with Crippen molar-refractivity contribution in [3.05, 3.63) is 69.4 Å². The van der Waals surface area contributed by atoms with Crippen molar-refractivity contribution in [1.82, 2.24) is 10.3 Å². The van der Waals surface area contributed by atoms with E-state index in [4.69, 9.17) is 9.15 Å². The van der Waals surface area contributed by atoms with Gasteiger partial charge in [0.05, 0.1) is 6.10 Å². The molecule has 0 radical (unpaired) electrons. The molecule has 1 aliphatic carbocycles. The summed E-state index contributed by atoms with van der Waals surface area (Å²) in [4.78, 5) is 28.5. The van der Waals surface area contributed by atoms with E-state index in [-0.39, 0.29) is 23.6 Å². The van der Waals surface area contributed by atoms with Crippen LogP contribution in [0.1, 0.15) is 40.1 Å². The lowest BCUT2D eigenvalue weighted by Crippen LogP contribution is -2.54. The number of hydrogen-bond donors (Lipinski definition) is 2. The minimum absolute atomic E-state index is 0.0929. The number of carbonyl (C=O) groups is 1. The van der Waals surface area contributed by atoms with Crippen molar-refractivity contribution in [3.63, 3.8) is 0 Å². The molecule has 6 heteroatoms. The van der Waals surface area contributed by atoms with E-state index in [1.165, 1.54) is 10.9 Å². The average Bonchev–Trinajstić information content (AvgIpc) is 3.27. The Balaban J connectivity index is 1.29. The maximum atomic E-state index is 12.7. The van der Waals surface area contributed by atoms with Crippen molar-refractivity contribution in [1.29, 1.82) is 0 Å². The molecule has 1 saturated heterocycles. The summed E-state index contributed by atoms with van der Waals surface area (Å²) in [5.74, 6) is 0.638. The van der Waals surface area contributed by atoms with E-state index < -0.39 is 5.63 Å². The topological polar surface area (TPSA) is 84.3 Å². The lowest BCUT2D eigenvalue weighted by Gasteiger charge is -2.39. The van der Waals surface area contributed by atoms with Gasteiger partial charge in [-0.1, -0.05) is 18.2 Å². The van der Waals surface area contributed by atoms with Gasteiger partial charge < -0.3 is 19.5 Å². The van der Waals surface area contributed by atoms with Gasteiger partial charge in [-0.25, -0.2) is 4.79 Å². The molecular formula is C23H24N2O4. The van der Waals surface area contributed by atoms with Crippen LogP contribution in [0.3, 0.4) is 0 Å². The van der Waals surface area contributed by atoms with Crippen molar-refractivity contribution in [2.45, 2.75) is 44.8 Å². The van der Waals surface area contributed by atoms with E-state index in [1.807, 2.05) is 30.5 Å². The molecule has 150 valence electrons. The number of ether oxygens (including phenoxy) is 1. The fourth-order valence-corrected chi connectivity index (χ4v) is 4.67. The number of para-hydroxylation sites is 1. The molecule has 0 bridgehead atoms. The number of hydrogen-bond acceptors (Lipinski definition) is 4. The summed E-state index contributed by atoms with van der Waals surface area (Å²) in [6.45, 7) is 2.55. The number of amides is 1. The first-order valence-corrected chi connectivity index (χ1v) is 10.2. The Morgan fingerprint density at radius 3 is 2.97 bits per heavy atom. The summed E-state index contributed by atoms with van der Waals surface area (Å²) in [5, 5.41) is 4.17. The van der Waals surface area contributed by atoms with Gasteiger partial charge in [-0.3, -0.25) is 4.79 Å². The second-order valence-corrected chi connectivity index (χ2v) is 8.10. The number of benzene rings is 1. The average molecular weight is 392 g/mol. The third-order valence-electron chi connectivity index (χ3n) is 6.32. The lowest BCUT2D eigenvalue weighted by atomic mass is 9.76. The van der Waals surface area contributed by atoms with Crippen LogP contribution in [0.5, 0.6) is 0 Å². The molecule has 2 aliphatic rings. The smallest absolute Gasteiger partial charge is 0.349 e. The highest BCUT2D eigenvalue weighted by molar-refractivity contribution is 5.95. The molecule has 2 N–H and O–H groups in total. The van der Waals surface area contributed by atoms with Gasteiger partial charge in [0.1, 0.15) is 11.3 Å². The van der Waals surface area contributed by atoms with Crippen LogP contribution in [0.15, 0.2) is 45.7 Å². The van der Waals surface area contributed by atoms with Crippen LogP contribution < -0.4 is 10.9 Å². The highest BCUT2D eigenvalue weighted by Gasteiger charge is 2.46. The van der Waals surface area contributed by atoms with Gasteiger partial charge in [0.15, 0.2) is 0 Å². The van der Waals surface area contributed by atoms with Crippen molar-refractivity contribution >= 4 is 16.8 Å². The minimum Gasteiger partial charge on any atom is -0.427 e. The van der Waals surface area contributed by atoms with E-state index in [1.54, 1.807) is 6.92 Å². The molecule has 1 amide bonds. The van der Waals surface area contributed by atoms with Gasteiger partial charge in [0, 0.05) is 42.1 Å². The number of rotatable bonds is 5. The molecule has 29 heavy (non-hydrogen) atoms. The highest BCUT2D eigenvalue weighted by atomic mass is 16.5. The van der Waals surface area contributed by atoms with Gasteiger partial charge >= 0.3 is 5.63 Å². The van der Waals surface area contributed by atoms with Gasteiger partial charge in [0.25, 0.3) is 5.91 Å². The predicted octanol–water partition coefficient (Wildman–Crippen LogP) is 3.12. The molecule has 1 aromatic carbocycles. The Morgan fingerprint density at radius 2 is 2.14 bits per heavy atom. The molecule has 1 aliphatic heterocycles. The van der Waals surface area contributed by atoms with Crippen molar-refractivity contribution in [2.75, 3.05) is 6.61 Å². The van der Waals surface area contributed by atoms with E-state index in [9.17, 15) is 9.59 Å². The maximum absolute atomic E-state index is 12.7. The van der Waals surface area contributed by atoms with Crippen LogP contribution in [0.4, 0.5) is 0 Å². The zero-order chi connectivity index (χ0) is 20.0. The molecule has 5 rings (SSSR count). The van der Waals surface area contributed by atoms with Gasteiger partial charge in [-0.15, -0.1) is 0 Å². The summed E-state index contributed by atoms with van der Waals surface area (Å²) >= 11 is 0. The Morgan fingerprint density at radius 1 is 1.28 bits per heavy atom. The molecule has 0 spiro atoms. The first-order chi connectivity index (χ1) is 14.1. The number of carbonyl (C=O) groups excluding carboxylic acids is 1. The monoisotopic (exact) mass is 392 g/mol. The van der Waals surface area contributed by atoms with E-state index in [0.717, 1.165) is 31.4 Å². The number of aromatic amines is 1. The third-order valence-corrected chi connectivity index (χ3v) is 6.32. The molecule has 3 atom stereocenters. The largest absolute Gasteiger partial charge is 0.427 e. The summed E-state index contributed by atoms with van der Waals surface area (Å²) in [6.07, 6.45) is 5.41. The molecule has 3 heterocycles. The van der Waals surface area contributed by atoms with Crippen molar-refractivity contribution in [3.8, 4) is 0 Å². The lowest BCUT2D eigenvalue weighted by molar-refractivity contribution is 0.00804. The fraction of sp³-hybridized carbons (Fsp3) is 0.391. The Labute approximate surface area is 168 Å². The third kappa shape index (κ3) is 3.27. The second kappa shape index (κ2) is 7.19. The van der Waals surface area contributed by atoms with Crippen LogP contribution in [0, 0.1) is 12.8 Å². The summed E-state index contributed by atoms with van der Waals surface area (Å²) in [5.41, 5.74) is 2.49. The molecule has 6 nitrogen and oxygen atoms in total. The van der Waals surface area contributed by atoms with Crippen LogP contribution in [0.25, 0.3) is 10.9 Å². The Bertz CT molecular complexity index is 1130. The predicted molar refractivity (Wildman–Crippen MR) is 109 cm³/mol.